The number of benzene rings is 4. The van der Waals surface area contributed by atoms with Gasteiger partial charge in [0.15, 0.2) is 5.75 Å². The molecule has 3 aliphatic rings. The van der Waals surface area contributed by atoms with Crippen molar-refractivity contribution in [1.29, 1.82) is 0 Å². The quantitative estimate of drug-likeness (QED) is 0.0599. The lowest BCUT2D eigenvalue weighted by Gasteiger charge is -2.40. The summed E-state index contributed by atoms with van der Waals surface area (Å²) >= 11 is 0. The van der Waals surface area contributed by atoms with Gasteiger partial charge >= 0.3 is 12.1 Å². The number of ether oxygens (including phenoxy) is 2. The van der Waals surface area contributed by atoms with Gasteiger partial charge in [-0.05, 0) is 153 Å². The maximum absolute atomic E-state index is 12.8. The van der Waals surface area contributed by atoms with Crippen LogP contribution in [-0.4, -0.2) is 30.3 Å². The second kappa shape index (κ2) is 20.3. The van der Waals surface area contributed by atoms with Crippen LogP contribution in [0.1, 0.15) is 148 Å². The number of phenolic OH excluding ortho intramolecular Hbond substituents is 1. The molecule has 4 aromatic carbocycles. The molecular weight excluding hydrogens is 763 g/mol. The van der Waals surface area contributed by atoms with Crippen LogP contribution < -0.4 is 10.1 Å². The molecule has 0 atom stereocenters. The van der Waals surface area contributed by atoms with Gasteiger partial charge in [-0.2, -0.15) is 10.2 Å². The Hall–Kier alpha value is -5.64. The molecule has 0 saturated heterocycles. The van der Waals surface area contributed by atoms with Crippen molar-refractivity contribution in [2.45, 2.75) is 134 Å². The lowest BCUT2D eigenvalue weighted by atomic mass is 9.63. The number of nitrogens with one attached hydrogen (secondary N) is 1. The Morgan fingerprint density at radius 1 is 0.689 bits per heavy atom. The van der Waals surface area contributed by atoms with E-state index >= 15 is 0 Å². The monoisotopic (exact) mass is 823 g/mol. The fourth-order valence-electron chi connectivity index (χ4n) is 9.81. The lowest BCUT2D eigenvalue weighted by Crippen LogP contribution is -2.32. The van der Waals surface area contributed by atoms with Gasteiger partial charge < -0.3 is 19.9 Å². The van der Waals surface area contributed by atoms with Crippen molar-refractivity contribution >= 4 is 34.8 Å². The standard InChI is InChI=1S/C51H61N5O5/c1-34(2)49(58)60-29-28-52-50(59)61-48-25-19-40(38-16-10-6-11-17-38)33-46(48)56-54-42-21-23-44(36(4)31-42)51(26-12-7-13-27-51)43-22-20-41(30-35(43)3)53-55-45-32-39(18-24-47(45)57)37-14-8-5-9-15-37/h18-25,30-33,37-38,57H,1,5-17,26-29H2,2-4H3,(H,52,59). The summed E-state index contributed by atoms with van der Waals surface area (Å²) in [5.74, 6) is 0.895. The summed E-state index contributed by atoms with van der Waals surface area (Å²) < 4.78 is 10.8. The maximum Gasteiger partial charge on any atom is 0.412 e. The summed E-state index contributed by atoms with van der Waals surface area (Å²) in [4.78, 5) is 24.5. The minimum Gasteiger partial charge on any atom is -0.506 e. The van der Waals surface area contributed by atoms with Gasteiger partial charge in [0.05, 0.1) is 17.9 Å². The third-order valence-corrected chi connectivity index (χ3v) is 13.0. The molecular formula is C51H61N5O5. The molecule has 10 nitrogen and oxygen atoms in total. The van der Waals surface area contributed by atoms with E-state index < -0.39 is 12.1 Å². The van der Waals surface area contributed by atoms with Gasteiger partial charge in [-0.15, -0.1) is 10.2 Å². The van der Waals surface area contributed by atoms with Crippen molar-refractivity contribution in [2.75, 3.05) is 13.2 Å². The number of aromatic hydroxyl groups is 1. The number of esters is 1. The molecule has 0 radical (unpaired) electrons. The molecule has 2 N–H and O–H groups in total. The average Bonchev–Trinajstić information content (AvgIpc) is 3.28. The fourth-order valence-corrected chi connectivity index (χ4v) is 9.81. The van der Waals surface area contributed by atoms with Gasteiger partial charge in [0.1, 0.15) is 23.7 Å². The Kier molecular flexibility index (Phi) is 14.4. The summed E-state index contributed by atoms with van der Waals surface area (Å²) in [7, 11) is 0. The summed E-state index contributed by atoms with van der Waals surface area (Å²) in [5.41, 5.74) is 9.94. The molecule has 320 valence electrons. The molecule has 0 spiro atoms. The molecule has 0 heterocycles. The van der Waals surface area contributed by atoms with Gasteiger partial charge in [0, 0.05) is 11.0 Å². The van der Waals surface area contributed by atoms with Crippen LogP contribution in [0.25, 0.3) is 0 Å². The molecule has 61 heavy (non-hydrogen) atoms. The van der Waals surface area contributed by atoms with E-state index in [1.54, 1.807) is 19.1 Å². The number of carbonyl (C=O) groups is 2. The van der Waals surface area contributed by atoms with E-state index in [0.29, 0.717) is 40.2 Å². The first-order valence-electron chi connectivity index (χ1n) is 22.4. The zero-order valence-electron chi connectivity index (χ0n) is 36.2. The topological polar surface area (TPSA) is 134 Å². The second-order valence-electron chi connectivity index (χ2n) is 17.4. The molecule has 7 rings (SSSR count). The Morgan fingerprint density at radius 3 is 1.77 bits per heavy atom. The van der Waals surface area contributed by atoms with Crippen molar-refractivity contribution in [3.05, 3.63) is 118 Å². The molecule has 3 fully saturated rings. The normalized spacial score (nSPS) is 17.4. The van der Waals surface area contributed by atoms with Crippen LogP contribution in [-0.2, 0) is 14.9 Å². The summed E-state index contributed by atoms with van der Waals surface area (Å²) in [5, 5.41) is 31.8. The summed E-state index contributed by atoms with van der Waals surface area (Å²) in [6.45, 7) is 9.57. The molecule has 1 amide bonds. The highest BCUT2D eigenvalue weighted by Gasteiger charge is 2.38. The predicted octanol–water partition coefficient (Wildman–Crippen LogP) is 14.4. The minimum atomic E-state index is -0.670. The number of rotatable bonds is 13. The third kappa shape index (κ3) is 10.8. The molecule has 3 saturated carbocycles. The number of carbonyl (C=O) groups excluding carboxylic acids is 2. The minimum absolute atomic E-state index is 0.00329. The van der Waals surface area contributed by atoms with E-state index in [2.05, 4.69) is 71.4 Å². The summed E-state index contributed by atoms with van der Waals surface area (Å²) in [6.07, 6.45) is 17.0. The molecule has 3 aliphatic carbocycles. The Labute approximate surface area is 361 Å². The molecule has 0 bridgehead atoms. The van der Waals surface area contributed by atoms with Crippen molar-refractivity contribution in [3.8, 4) is 11.5 Å². The third-order valence-electron chi connectivity index (χ3n) is 13.0. The second-order valence-corrected chi connectivity index (χ2v) is 17.4. The SMILES string of the molecule is C=C(C)C(=O)OCCNC(=O)Oc1ccc(C2CCCCC2)cc1N=Nc1ccc(C2(c3ccc(N=Nc4cc(C5CCCCC5)ccc4O)cc3C)CCCCC2)c(C)c1. The van der Waals surface area contributed by atoms with Gasteiger partial charge in [-0.1, -0.05) is 88.6 Å². The van der Waals surface area contributed by atoms with Crippen LogP contribution in [0.15, 0.2) is 105 Å². The van der Waals surface area contributed by atoms with Gasteiger partial charge in [0.25, 0.3) is 0 Å². The van der Waals surface area contributed by atoms with E-state index in [0.717, 1.165) is 49.8 Å². The first-order valence-corrected chi connectivity index (χ1v) is 22.4. The molecule has 0 aliphatic heterocycles. The highest BCUT2D eigenvalue weighted by molar-refractivity contribution is 5.87. The molecule has 4 aromatic rings. The lowest BCUT2D eigenvalue weighted by molar-refractivity contribution is -0.138. The van der Waals surface area contributed by atoms with E-state index in [4.69, 9.17) is 14.6 Å². The zero-order chi connectivity index (χ0) is 42.8. The predicted molar refractivity (Wildman–Crippen MR) is 241 cm³/mol. The largest absolute Gasteiger partial charge is 0.506 e. The van der Waals surface area contributed by atoms with E-state index in [9.17, 15) is 14.7 Å². The van der Waals surface area contributed by atoms with Crippen LogP contribution in [0.2, 0.25) is 0 Å². The summed E-state index contributed by atoms with van der Waals surface area (Å²) in [6, 6.07) is 24.4. The molecule has 0 aromatic heterocycles. The van der Waals surface area contributed by atoms with Crippen molar-refractivity contribution in [1.82, 2.24) is 5.32 Å². The van der Waals surface area contributed by atoms with Crippen LogP contribution >= 0.6 is 0 Å². The van der Waals surface area contributed by atoms with E-state index in [1.807, 2.05) is 30.3 Å². The van der Waals surface area contributed by atoms with Crippen molar-refractivity contribution < 1.29 is 24.2 Å². The Balaban J connectivity index is 1.10. The Bertz CT molecular complexity index is 2260. The number of amides is 1. The first kappa shape index (κ1) is 43.4. The maximum atomic E-state index is 12.8. The van der Waals surface area contributed by atoms with Gasteiger partial charge in [0.2, 0.25) is 0 Å². The molecule has 0 unspecified atom stereocenters. The first-order chi connectivity index (χ1) is 29.6. The smallest absolute Gasteiger partial charge is 0.412 e. The number of hydrogen-bond donors (Lipinski definition) is 2. The van der Waals surface area contributed by atoms with Crippen LogP contribution in [0.4, 0.5) is 27.5 Å². The number of azo groups is 2. The van der Waals surface area contributed by atoms with Gasteiger partial charge in [-0.3, -0.25) is 0 Å². The Morgan fingerprint density at radius 2 is 1.21 bits per heavy atom. The van der Waals surface area contributed by atoms with Crippen LogP contribution in [0.5, 0.6) is 11.5 Å². The number of hydrogen-bond acceptors (Lipinski definition) is 9. The van der Waals surface area contributed by atoms with Crippen LogP contribution in [0.3, 0.4) is 0 Å². The number of aryl methyl sites for hydroxylation is 2. The molecule has 10 heteroatoms. The zero-order valence-corrected chi connectivity index (χ0v) is 36.2. The number of nitrogens with zero attached hydrogens (tertiary/aromatic N) is 4. The van der Waals surface area contributed by atoms with Crippen molar-refractivity contribution in [3.63, 3.8) is 0 Å². The fraction of sp³-hybridized carbons (Fsp3) is 0.451. The van der Waals surface area contributed by atoms with Crippen molar-refractivity contribution in [2.24, 2.45) is 20.5 Å². The average molecular weight is 824 g/mol. The van der Waals surface area contributed by atoms with Crippen LogP contribution in [0, 0.1) is 13.8 Å². The highest BCUT2D eigenvalue weighted by Crippen LogP contribution is 2.48. The van der Waals surface area contributed by atoms with Gasteiger partial charge in [-0.25, -0.2) is 9.59 Å². The highest BCUT2D eigenvalue weighted by atomic mass is 16.6. The number of phenols is 1. The van der Waals surface area contributed by atoms with E-state index in [-0.39, 0.29) is 24.3 Å². The van der Waals surface area contributed by atoms with E-state index in [1.165, 1.54) is 85.6 Å².